The largest absolute Gasteiger partial charge is 0.325 e. The van der Waals surface area contributed by atoms with Gasteiger partial charge in [-0.15, -0.1) is 0 Å². The number of aromatic nitrogens is 2. The van der Waals surface area contributed by atoms with Crippen molar-refractivity contribution < 1.29 is 8.42 Å². The van der Waals surface area contributed by atoms with Gasteiger partial charge in [0.1, 0.15) is 0 Å². The Bertz CT molecular complexity index is 642. The highest BCUT2D eigenvalue weighted by atomic mass is 32.2. The highest BCUT2D eigenvalue weighted by Crippen LogP contribution is 2.11. The third-order valence-electron chi connectivity index (χ3n) is 3.08. The molecular weight excluding hydrogens is 272 g/mol. The van der Waals surface area contributed by atoms with E-state index in [9.17, 15) is 18.0 Å². The zero-order valence-electron chi connectivity index (χ0n) is 10.2. The van der Waals surface area contributed by atoms with E-state index >= 15 is 0 Å². The molecular formula is C10H16N4O4S. The van der Waals surface area contributed by atoms with Crippen molar-refractivity contribution in [2.75, 3.05) is 19.6 Å². The Morgan fingerprint density at radius 2 is 2.16 bits per heavy atom. The van der Waals surface area contributed by atoms with Gasteiger partial charge in [0.2, 0.25) is 10.0 Å². The van der Waals surface area contributed by atoms with Crippen LogP contribution in [0, 0.1) is 5.92 Å². The number of hydrogen-bond acceptors (Lipinski definition) is 5. The molecule has 2 rings (SSSR count). The first-order valence-electron chi connectivity index (χ1n) is 6.01. The highest BCUT2D eigenvalue weighted by molar-refractivity contribution is 7.89. The Morgan fingerprint density at radius 3 is 2.79 bits per heavy atom. The fourth-order valence-electron chi connectivity index (χ4n) is 2.03. The Hall–Kier alpha value is -1.45. The lowest BCUT2D eigenvalue weighted by Gasteiger charge is -2.09. The molecule has 1 unspecified atom stereocenters. The number of rotatable bonds is 5. The second-order valence-corrected chi connectivity index (χ2v) is 6.22. The molecule has 0 spiro atoms. The van der Waals surface area contributed by atoms with E-state index in [4.69, 9.17) is 0 Å². The van der Waals surface area contributed by atoms with Gasteiger partial charge in [0.15, 0.2) is 4.90 Å². The Balaban J connectivity index is 2.01. The summed E-state index contributed by atoms with van der Waals surface area (Å²) in [5, 5.41) is 3.20. The summed E-state index contributed by atoms with van der Waals surface area (Å²) in [6.07, 6.45) is 2.65. The molecule has 0 aliphatic carbocycles. The van der Waals surface area contributed by atoms with E-state index in [2.05, 4.69) is 15.0 Å². The van der Waals surface area contributed by atoms with Crippen molar-refractivity contribution in [2.24, 2.45) is 5.92 Å². The molecule has 0 radical (unpaired) electrons. The summed E-state index contributed by atoms with van der Waals surface area (Å²) in [7, 11) is -3.88. The van der Waals surface area contributed by atoms with Crippen LogP contribution in [-0.4, -0.2) is 38.0 Å². The molecule has 4 N–H and O–H groups in total. The molecule has 1 saturated heterocycles. The van der Waals surface area contributed by atoms with Crippen molar-refractivity contribution in [1.29, 1.82) is 0 Å². The van der Waals surface area contributed by atoms with Crippen molar-refractivity contribution >= 4 is 10.0 Å². The Morgan fingerprint density at radius 1 is 1.37 bits per heavy atom. The minimum Gasteiger partial charge on any atom is -0.316 e. The van der Waals surface area contributed by atoms with Crippen LogP contribution >= 0.6 is 0 Å². The van der Waals surface area contributed by atoms with E-state index in [-0.39, 0.29) is 6.54 Å². The van der Waals surface area contributed by atoms with Crippen molar-refractivity contribution in [3.05, 3.63) is 27.0 Å². The average Bonchev–Trinajstić information content (AvgIpc) is 2.81. The van der Waals surface area contributed by atoms with Gasteiger partial charge in [-0.25, -0.2) is 17.9 Å². The summed E-state index contributed by atoms with van der Waals surface area (Å²) < 4.78 is 26.1. The topological polar surface area (TPSA) is 124 Å². The molecule has 0 aromatic carbocycles. The zero-order chi connectivity index (χ0) is 13.9. The van der Waals surface area contributed by atoms with E-state index in [1.54, 1.807) is 0 Å². The standard InChI is InChI=1S/C10H16N4O4S/c15-9-8(6-12-10(16)14-9)19(17,18)13-4-2-7-1-3-11-5-7/h6-7,11,13H,1-5H2,(H2,12,14,15,16). The molecule has 1 aliphatic heterocycles. The van der Waals surface area contributed by atoms with Crippen LogP contribution in [0.1, 0.15) is 12.8 Å². The van der Waals surface area contributed by atoms with Gasteiger partial charge >= 0.3 is 5.69 Å². The van der Waals surface area contributed by atoms with Crippen LogP contribution in [0.25, 0.3) is 0 Å². The lowest BCUT2D eigenvalue weighted by Crippen LogP contribution is -2.34. The molecule has 1 atom stereocenters. The first-order chi connectivity index (χ1) is 8.99. The van der Waals surface area contributed by atoms with Crippen LogP contribution in [0.2, 0.25) is 0 Å². The maximum atomic E-state index is 11.9. The summed E-state index contributed by atoms with van der Waals surface area (Å²) in [5.74, 6) is 0.455. The van der Waals surface area contributed by atoms with Crippen LogP contribution < -0.4 is 21.3 Å². The predicted octanol–water partition coefficient (Wildman–Crippen LogP) is -1.66. The van der Waals surface area contributed by atoms with Gasteiger partial charge in [-0.2, -0.15) is 0 Å². The summed E-state index contributed by atoms with van der Waals surface area (Å²) in [6.45, 7) is 2.12. The fourth-order valence-corrected chi connectivity index (χ4v) is 3.08. The van der Waals surface area contributed by atoms with Gasteiger partial charge in [0.05, 0.1) is 0 Å². The molecule has 8 nitrogen and oxygen atoms in total. The molecule has 0 amide bonds. The van der Waals surface area contributed by atoms with Gasteiger partial charge in [-0.1, -0.05) is 0 Å². The maximum Gasteiger partial charge on any atom is 0.325 e. The lowest BCUT2D eigenvalue weighted by atomic mass is 10.1. The van der Waals surface area contributed by atoms with Gasteiger partial charge in [-0.05, 0) is 31.8 Å². The highest BCUT2D eigenvalue weighted by Gasteiger charge is 2.20. The normalized spacial score (nSPS) is 19.7. The monoisotopic (exact) mass is 288 g/mol. The van der Waals surface area contributed by atoms with E-state index in [0.717, 1.165) is 25.7 Å². The van der Waals surface area contributed by atoms with E-state index in [1.807, 2.05) is 4.98 Å². The molecule has 0 bridgehead atoms. The van der Waals surface area contributed by atoms with Gasteiger partial charge in [0.25, 0.3) is 5.56 Å². The van der Waals surface area contributed by atoms with Gasteiger partial charge < -0.3 is 10.3 Å². The zero-order valence-corrected chi connectivity index (χ0v) is 11.0. The summed E-state index contributed by atoms with van der Waals surface area (Å²) in [6, 6.07) is 0. The first-order valence-corrected chi connectivity index (χ1v) is 7.50. The van der Waals surface area contributed by atoms with Crippen LogP contribution in [-0.2, 0) is 10.0 Å². The molecule has 1 fully saturated rings. The first kappa shape index (κ1) is 14.0. The number of nitrogens with one attached hydrogen (secondary N) is 4. The molecule has 106 valence electrons. The molecule has 1 aromatic rings. The van der Waals surface area contributed by atoms with Crippen LogP contribution in [0.3, 0.4) is 0 Å². The lowest BCUT2D eigenvalue weighted by molar-refractivity contribution is 0.518. The predicted molar refractivity (Wildman–Crippen MR) is 68.5 cm³/mol. The average molecular weight is 288 g/mol. The van der Waals surface area contributed by atoms with Crippen molar-refractivity contribution in [3.63, 3.8) is 0 Å². The van der Waals surface area contributed by atoms with Crippen LogP contribution in [0.5, 0.6) is 0 Å². The van der Waals surface area contributed by atoms with Crippen molar-refractivity contribution in [2.45, 2.75) is 17.7 Å². The summed E-state index contributed by atoms with van der Waals surface area (Å²) in [4.78, 5) is 25.8. The van der Waals surface area contributed by atoms with Crippen molar-refractivity contribution in [1.82, 2.24) is 20.0 Å². The minimum absolute atomic E-state index is 0.271. The van der Waals surface area contributed by atoms with Gasteiger partial charge in [0, 0.05) is 12.7 Å². The van der Waals surface area contributed by atoms with E-state index < -0.39 is 26.2 Å². The Labute approximate surface area is 109 Å². The number of sulfonamides is 1. The third kappa shape index (κ3) is 3.52. The fraction of sp³-hybridized carbons (Fsp3) is 0.600. The number of hydrogen-bond donors (Lipinski definition) is 4. The van der Waals surface area contributed by atoms with E-state index in [1.165, 1.54) is 0 Å². The Kier molecular flexibility index (Phi) is 4.17. The summed E-state index contributed by atoms with van der Waals surface area (Å²) >= 11 is 0. The minimum atomic E-state index is -3.88. The molecule has 1 aliphatic rings. The molecule has 19 heavy (non-hydrogen) atoms. The van der Waals surface area contributed by atoms with Gasteiger partial charge in [-0.3, -0.25) is 9.78 Å². The second-order valence-electron chi connectivity index (χ2n) is 4.48. The molecule has 9 heteroatoms. The van der Waals surface area contributed by atoms with Crippen molar-refractivity contribution in [3.8, 4) is 0 Å². The maximum absolute atomic E-state index is 11.9. The molecule has 1 aromatic heterocycles. The second kappa shape index (κ2) is 5.68. The molecule has 2 heterocycles. The SMILES string of the molecule is O=c1[nH]cc(S(=O)(=O)NCCC2CCNC2)c(=O)[nH]1. The summed E-state index contributed by atoms with van der Waals surface area (Å²) in [5.41, 5.74) is -1.65. The third-order valence-corrected chi connectivity index (χ3v) is 4.55. The van der Waals surface area contributed by atoms with Crippen LogP contribution in [0.4, 0.5) is 0 Å². The van der Waals surface area contributed by atoms with Crippen LogP contribution in [0.15, 0.2) is 20.7 Å². The number of H-pyrrole nitrogens is 2. The molecule has 0 saturated carbocycles. The quantitative estimate of drug-likeness (QED) is 0.516. The van der Waals surface area contributed by atoms with E-state index in [0.29, 0.717) is 12.3 Å². The number of aromatic amines is 2. The smallest absolute Gasteiger partial charge is 0.316 e.